The maximum absolute atomic E-state index is 10.0. The van der Waals surface area contributed by atoms with Gasteiger partial charge in [0.25, 0.3) is 0 Å². The van der Waals surface area contributed by atoms with Gasteiger partial charge in [0.2, 0.25) is 0 Å². The van der Waals surface area contributed by atoms with E-state index in [4.69, 9.17) is 5.26 Å². The first-order valence-corrected chi connectivity index (χ1v) is 6.66. The van der Waals surface area contributed by atoms with Gasteiger partial charge in [-0.2, -0.15) is 5.26 Å². The molecule has 0 aromatic heterocycles. The van der Waals surface area contributed by atoms with Crippen molar-refractivity contribution in [3.8, 4) is 11.8 Å². The Kier molecular flexibility index (Phi) is 3.22. The number of nitriles is 1. The summed E-state index contributed by atoms with van der Waals surface area (Å²) in [6.07, 6.45) is 4.31. The molecule has 0 bridgehead atoms. The fraction of sp³-hybridized carbons (Fsp3) is 0.176. The molecule has 20 heavy (non-hydrogen) atoms. The van der Waals surface area contributed by atoms with Crippen molar-refractivity contribution in [2.75, 3.05) is 0 Å². The summed E-state index contributed by atoms with van der Waals surface area (Å²) in [5, 5.41) is 21.1. The number of aromatic hydroxyl groups is 1. The van der Waals surface area contributed by atoms with E-state index in [1.54, 1.807) is 12.3 Å². The van der Waals surface area contributed by atoms with Gasteiger partial charge in [-0.15, -0.1) is 0 Å². The van der Waals surface area contributed by atoms with Gasteiger partial charge >= 0.3 is 0 Å². The highest BCUT2D eigenvalue weighted by atomic mass is 16.3. The number of phenols is 1. The molecular weight excluding hydrogens is 248 g/mol. The van der Waals surface area contributed by atoms with Crippen molar-refractivity contribution < 1.29 is 5.11 Å². The van der Waals surface area contributed by atoms with Crippen LogP contribution in [0.25, 0.3) is 10.8 Å². The van der Waals surface area contributed by atoms with Crippen molar-refractivity contribution >= 4 is 17.0 Å². The van der Waals surface area contributed by atoms with Gasteiger partial charge in [-0.1, -0.05) is 30.3 Å². The minimum absolute atomic E-state index is 0.213. The lowest BCUT2D eigenvalue weighted by atomic mass is 10.0. The molecule has 0 saturated carbocycles. The zero-order valence-corrected chi connectivity index (χ0v) is 11.0. The average molecular weight is 262 g/mol. The van der Waals surface area contributed by atoms with Gasteiger partial charge in [0.05, 0.1) is 17.3 Å². The van der Waals surface area contributed by atoms with Gasteiger partial charge in [-0.05, 0) is 36.1 Å². The lowest BCUT2D eigenvalue weighted by Crippen LogP contribution is -1.87. The molecule has 0 heterocycles. The van der Waals surface area contributed by atoms with Crippen LogP contribution in [0.5, 0.6) is 5.75 Å². The van der Waals surface area contributed by atoms with E-state index in [2.05, 4.69) is 11.1 Å². The number of rotatable bonds is 2. The van der Waals surface area contributed by atoms with Crippen LogP contribution in [0, 0.1) is 11.3 Å². The summed E-state index contributed by atoms with van der Waals surface area (Å²) in [7, 11) is 0. The Balaban J connectivity index is 2.07. The quantitative estimate of drug-likeness (QED) is 0.834. The van der Waals surface area contributed by atoms with Gasteiger partial charge in [-0.3, -0.25) is 4.99 Å². The highest BCUT2D eigenvalue weighted by Gasteiger charge is 2.13. The molecule has 2 aromatic rings. The van der Waals surface area contributed by atoms with Gasteiger partial charge in [0, 0.05) is 11.8 Å². The predicted molar refractivity (Wildman–Crippen MR) is 79.7 cm³/mol. The Labute approximate surface area is 117 Å². The van der Waals surface area contributed by atoms with Crippen molar-refractivity contribution in [1.82, 2.24) is 0 Å². The largest absolute Gasteiger partial charge is 0.507 e. The van der Waals surface area contributed by atoms with Crippen LogP contribution >= 0.6 is 0 Å². The molecule has 1 aliphatic rings. The van der Waals surface area contributed by atoms with Crippen molar-refractivity contribution in [3.05, 3.63) is 53.2 Å². The average Bonchev–Trinajstić information content (AvgIpc) is 2.94. The van der Waals surface area contributed by atoms with E-state index in [9.17, 15) is 5.11 Å². The molecule has 0 spiro atoms. The molecule has 0 unspecified atom stereocenters. The van der Waals surface area contributed by atoms with Crippen LogP contribution in [0.15, 0.2) is 52.7 Å². The molecule has 1 N–H and O–H groups in total. The number of aliphatic imine (C=N–C) groups is 1. The third-order valence-corrected chi connectivity index (χ3v) is 3.62. The first kappa shape index (κ1) is 12.4. The number of phenolic OH excluding ortho intramolecular Hbond substituents is 1. The van der Waals surface area contributed by atoms with E-state index < -0.39 is 0 Å². The smallest absolute Gasteiger partial charge is 0.124 e. The molecule has 3 rings (SSSR count). The standard InChI is InChI=1S/C17H14N2O/c18-10-13-5-3-7-16(13)19-11-15-14-6-2-1-4-12(14)8-9-17(15)20/h1-2,4,6,8-9,11,20H,3,5,7H2. The van der Waals surface area contributed by atoms with Crippen LogP contribution in [0.3, 0.4) is 0 Å². The molecule has 0 radical (unpaired) electrons. The van der Waals surface area contributed by atoms with Crippen molar-refractivity contribution in [1.29, 1.82) is 5.26 Å². The zero-order chi connectivity index (χ0) is 13.9. The Morgan fingerprint density at radius 2 is 2.00 bits per heavy atom. The second-order valence-electron chi connectivity index (χ2n) is 4.87. The molecule has 3 heteroatoms. The summed E-state index contributed by atoms with van der Waals surface area (Å²) in [5.74, 6) is 0.213. The Hall–Kier alpha value is -2.60. The van der Waals surface area contributed by atoms with Gasteiger partial charge in [-0.25, -0.2) is 0 Å². The highest BCUT2D eigenvalue weighted by Crippen LogP contribution is 2.28. The second-order valence-corrected chi connectivity index (χ2v) is 4.87. The maximum atomic E-state index is 10.0. The van der Waals surface area contributed by atoms with Gasteiger partial charge < -0.3 is 5.11 Å². The molecule has 0 aliphatic heterocycles. The maximum Gasteiger partial charge on any atom is 0.124 e. The molecule has 0 saturated heterocycles. The van der Waals surface area contributed by atoms with E-state index in [1.165, 1.54) is 0 Å². The normalized spacial score (nSPS) is 15.2. The van der Waals surface area contributed by atoms with E-state index in [0.29, 0.717) is 5.56 Å². The number of benzene rings is 2. The van der Waals surface area contributed by atoms with Gasteiger partial charge in [0.1, 0.15) is 5.75 Å². The summed E-state index contributed by atoms with van der Waals surface area (Å²) in [6, 6.07) is 13.6. The zero-order valence-electron chi connectivity index (χ0n) is 11.0. The van der Waals surface area contributed by atoms with Crippen LogP contribution in [0.1, 0.15) is 24.8 Å². The number of hydrogen-bond acceptors (Lipinski definition) is 3. The lowest BCUT2D eigenvalue weighted by Gasteiger charge is -2.04. The number of hydrogen-bond donors (Lipinski definition) is 1. The van der Waals surface area contributed by atoms with E-state index in [-0.39, 0.29) is 5.75 Å². The van der Waals surface area contributed by atoms with E-state index >= 15 is 0 Å². The molecular formula is C17H14N2O. The first-order chi connectivity index (χ1) is 9.79. The minimum atomic E-state index is 0.213. The van der Waals surface area contributed by atoms with Crippen molar-refractivity contribution in [3.63, 3.8) is 0 Å². The van der Waals surface area contributed by atoms with Crippen LogP contribution in [0.2, 0.25) is 0 Å². The third-order valence-electron chi connectivity index (χ3n) is 3.62. The second kappa shape index (κ2) is 5.18. The topological polar surface area (TPSA) is 56.4 Å². The monoisotopic (exact) mass is 262 g/mol. The highest BCUT2D eigenvalue weighted by molar-refractivity contribution is 6.02. The molecule has 1 aliphatic carbocycles. The number of nitrogens with zero attached hydrogens (tertiary/aromatic N) is 2. The molecule has 0 amide bonds. The number of fused-ring (bicyclic) bond motifs is 1. The molecule has 0 fully saturated rings. The van der Waals surface area contributed by atoms with Crippen LogP contribution < -0.4 is 0 Å². The van der Waals surface area contributed by atoms with Crippen molar-refractivity contribution in [2.24, 2.45) is 4.99 Å². The molecule has 2 aromatic carbocycles. The first-order valence-electron chi connectivity index (χ1n) is 6.66. The fourth-order valence-electron chi connectivity index (χ4n) is 2.55. The number of allylic oxidation sites excluding steroid dienone is 2. The third kappa shape index (κ3) is 2.17. The Morgan fingerprint density at radius 1 is 1.15 bits per heavy atom. The summed E-state index contributed by atoms with van der Waals surface area (Å²) in [4.78, 5) is 4.43. The summed E-state index contributed by atoms with van der Waals surface area (Å²) >= 11 is 0. The predicted octanol–water partition coefficient (Wildman–Crippen LogP) is 3.93. The lowest BCUT2D eigenvalue weighted by molar-refractivity contribution is 0.475. The van der Waals surface area contributed by atoms with E-state index in [1.807, 2.05) is 30.3 Å². The molecule has 0 atom stereocenters. The summed E-state index contributed by atoms with van der Waals surface area (Å²) in [6.45, 7) is 0. The van der Waals surface area contributed by atoms with Crippen LogP contribution in [0.4, 0.5) is 0 Å². The summed E-state index contributed by atoms with van der Waals surface area (Å²) < 4.78 is 0. The summed E-state index contributed by atoms with van der Waals surface area (Å²) in [5.41, 5.74) is 2.32. The van der Waals surface area contributed by atoms with Crippen LogP contribution in [-0.2, 0) is 0 Å². The van der Waals surface area contributed by atoms with Crippen molar-refractivity contribution in [2.45, 2.75) is 19.3 Å². The molecule has 3 nitrogen and oxygen atoms in total. The van der Waals surface area contributed by atoms with Gasteiger partial charge in [0.15, 0.2) is 0 Å². The fourth-order valence-corrected chi connectivity index (χ4v) is 2.55. The Morgan fingerprint density at radius 3 is 2.85 bits per heavy atom. The Bertz CT molecular complexity index is 766. The minimum Gasteiger partial charge on any atom is -0.507 e. The molecule has 98 valence electrons. The SMILES string of the molecule is N#CC1=C(N=Cc2c(O)ccc3ccccc23)CCC1. The van der Waals surface area contributed by atoms with Crippen LogP contribution in [-0.4, -0.2) is 11.3 Å². The van der Waals surface area contributed by atoms with E-state index in [0.717, 1.165) is 41.3 Å².